The molecule has 0 aromatic heterocycles. The Bertz CT molecular complexity index is 376. The minimum atomic E-state index is -0.220. The van der Waals surface area contributed by atoms with E-state index in [0.29, 0.717) is 6.42 Å². The predicted molar refractivity (Wildman–Crippen MR) is 70.7 cm³/mol. The van der Waals surface area contributed by atoms with Gasteiger partial charge in [-0.15, -0.1) is 0 Å². The Morgan fingerprint density at radius 3 is 2.50 bits per heavy atom. The normalized spacial score (nSPS) is 12.2. The van der Waals surface area contributed by atoms with Crippen LogP contribution in [-0.2, 0) is 4.79 Å². The van der Waals surface area contributed by atoms with Crippen LogP contribution in [0.15, 0.2) is 24.3 Å². The molecular weight excluding hydrogens is 231 g/mol. The summed E-state index contributed by atoms with van der Waals surface area (Å²) in [4.78, 5) is 13.0. The minimum Gasteiger partial charge on any atom is -0.349 e. The molecule has 0 fully saturated rings. The van der Waals surface area contributed by atoms with Crippen molar-refractivity contribution >= 4 is 5.91 Å². The number of nitrogens with zero attached hydrogens (tertiary/aromatic N) is 1. The number of nitrogens with one attached hydrogen (secondary N) is 1. The van der Waals surface area contributed by atoms with Gasteiger partial charge < -0.3 is 10.2 Å². The summed E-state index contributed by atoms with van der Waals surface area (Å²) in [6, 6.07) is 6.64. The molecule has 1 atom stereocenters. The molecule has 1 aromatic carbocycles. The van der Waals surface area contributed by atoms with E-state index in [9.17, 15) is 9.18 Å². The second-order valence-corrected chi connectivity index (χ2v) is 4.62. The lowest BCUT2D eigenvalue weighted by atomic mass is 10.1. The van der Waals surface area contributed by atoms with Crippen molar-refractivity contribution in [3.8, 4) is 0 Å². The van der Waals surface area contributed by atoms with Crippen LogP contribution in [0.5, 0.6) is 0 Å². The maximum atomic E-state index is 12.8. The van der Waals surface area contributed by atoms with Gasteiger partial charge in [0.25, 0.3) is 0 Å². The lowest BCUT2D eigenvalue weighted by Crippen LogP contribution is -2.24. The van der Waals surface area contributed by atoms with Crippen LogP contribution in [0.2, 0.25) is 0 Å². The van der Waals surface area contributed by atoms with Crippen LogP contribution in [-0.4, -0.2) is 31.4 Å². The fraction of sp³-hybridized carbons (Fsp3) is 0.500. The van der Waals surface area contributed by atoms with Gasteiger partial charge in [-0.2, -0.15) is 0 Å². The molecule has 0 unspecified atom stereocenters. The van der Waals surface area contributed by atoms with Gasteiger partial charge in [0.05, 0.1) is 0 Å². The van der Waals surface area contributed by atoms with Gasteiger partial charge in [0.2, 0.25) is 5.91 Å². The van der Waals surface area contributed by atoms with E-state index in [1.165, 1.54) is 12.1 Å². The smallest absolute Gasteiger partial charge is 0.222 e. The fourth-order valence-corrected chi connectivity index (χ4v) is 1.65. The number of amides is 1. The molecule has 4 heteroatoms. The van der Waals surface area contributed by atoms with E-state index in [-0.39, 0.29) is 17.8 Å². The van der Waals surface area contributed by atoms with Crippen molar-refractivity contribution < 1.29 is 9.18 Å². The maximum Gasteiger partial charge on any atom is 0.222 e. The second kappa shape index (κ2) is 7.11. The molecule has 0 aliphatic carbocycles. The van der Waals surface area contributed by atoms with Gasteiger partial charge >= 0.3 is 0 Å². The summed E-state index contributed by atoms with van der Waals surface area (Å²) in [5.41, 5.74) is 1.05. The Morgan fingerprint density at radius 1 is 1.33 bits per heavy atom. The third kappa shape index (κ3) is 4.84. The molecule has 1 amide bonds. The van der Waals surface area contributed by atoms with Gasteiger partial charge in [0, 0.05) is 26.6 Å². The Hall–Kier alpha value is -1.42. The number of hydrogen-bond acceptors (Lipinski definition) is 2. The first-order valence-electron chi connectivity index (χ1n) is 6.19. The quantitative estimate of drug-likeness (QED) is 0.788. The molecule has 1 aromatic rings. The largest absolute Gasteiger partial charge is 0.349 e. The van der Waals surface area contributed by atoms with Crippen molar-refractivity contribution in [2.24, 2.45) is 0 Å². The zero-order valence-electron chi connectivity index (χ0n) is 11.2. The molecule has 0 spiro atoms. The zero-order valence-corrected chi connectivity index (χ0v) is 11.2. The number of hydrogen-bond donors (Lipinski definition) is 1. The molecule has 0 bridgehead atoms. The molecule has 0 saturated heterocycles. The first-order chi connectivity index (χ1) is 8.50. The van der Waals surface area contributed by atoms with Crippen LogP contribution < -0.4 is 5.32 Å². The van der Waals surface area contributed by atoms with Crippen molar-refractivity contribution in [1.29, 1.82) is 0 Å². The van der Waals surface area contributed by atoms with Crippen molar-refractivity contribution in [2.45, 2.75) is 25.8 Å². The monoisotopic (exact) mass is 252 g/mol. The van der Waals surface area contributed by atoms with Gasteiger partial charge in [-0.1, -0.05) is 12.1 Å². The molecule has 0 saturated carbocycles. The van der Waals surface area contributed by atoms with E-state index in [0.717, 1.165) is 18.5 Å². The molecule has 0 aliphatic heterocycles. The van der Waals surface area contributed by atoms with Crippen LogP contribution >= 0.6 is 0 Å². The third-order valence-corrected chi connectivity index (χ3v) is 2.89. The van der Waals surface area contributed by atoms with Crippen LogP contribution in [0.4, 0.5) is 4.39 Å². The van der Waals surface area contributed by atoms with Gasteiger partial charge in [-0.05, 0) is 37.6 Å². The highest BCUT2D eigenvalue weighted by molar-refractivity contribution is 5.75. The minimum absolute atomic E-state index is 0.145. The van der Waals surface area contributed by atoms with Crippen LogP contribution in [0.3, 0.4) is 0 Å². The Balaban J connectivity index is 2.27. The molecule has 1 rings (SSSR count). The standard InChI is InChI=1S/C14H21FN2O/c1-11(12-6-8-13(15)9-7-12)16-10-4-5-14(18)17(2)3/h6-9,11,16H,4-5,10H2,1-3H3/t11-/m0/s1. The summed E-state index contributed by atoms with van der Waals surface area (Å²) in [6.45, 7) is 2.80. The van der Waals surface area contributed by atoms with Crippen LogP contribution in [0.25, 0.3) is 0 Å². The molecule has 18 heavy (non-hydrogen) atoms. The van der Waals surface area contributed by atoms with E-state index in [2.05, 4.69) is 5.32 Å². The molecule has 0 heterocycles. The lowest BCUT2D eigenvalue weighted by molar-refractivity contribution is -0.128. The second-order valence-electron chi connectivity index (χ2n) is 4.62. The van der Waals surface area contributed by atoms with E-state index < -0.39 is 0 Å². The fourth-order valence-electron chi connectivity index (χ4n) is 1.65. The summed E-state index contributed by atoms with van der Waals surface area (Å²) < 4.78 is 12.8. The molecular formula is C14H21FN2O. The lowest BCUT2D eigenvalue weighted by Gasteiger charge is -2.15. The molecule has 0 aliphatic rings. The predicted octanol–water partition coefficient (Wildman–Crippen LogP) is 2.34. The summed E-state index contributed by atoms with van der Waals surface area (Å²) in [5, 5.41) is 3.32. The highest BCUT2D eigenvalue weighted by Crippen LogP contribution is 2.12. The molecule has 1 N–H and O–H groups in total. The van der Waals surface area contributed by atoms with Crippen molar-refractivity contribution in [2.75, 3.05) is 20.6 Å². The van der Waals surface area contributed by atoms with Crippen molar-refractivity contribution in [3.05, 3.63) is 35.6 Å². The van der Waals surface area contributed by atoms with Crippen LogP contribution in [0.1, 0.15) is 31.4 Å². The Kier molecular flexibility index (Phi) is 5.78. The highest BCUT2D eigenvalue weighted by atomic mass is 19.1. The molecule has 100 valence electrons. The van der Waals surface area contributed by atoms with E-state index in [4.69, 9.17) is 0 Å². The van der Waals surface area contributed by atoms with Gasteiger partial charge in [-0.25, -0.2) is 4.39 Å². The Morgan fingerprint density at radius 2 is 1.94 bits per heavy atom. The van der Waals surface area contributed by atoms with Crippen molar-refractivity contribution in [3.63, 3.8) is 0 Å². The Labute approximate surface area is 108 Å². The zero-order chi connectivity index (χ0) is 13.5. The van der Waals surface area contributed by atoms with Gasteiger partial charge in [-0.3, -0.25) is 4.79 Å². The summed E-state index contributed by atoms with van der Waals surface area (Å²) >= 11 is 0. The number of carbonyl (C=O) groups is 1. The average molecular weight is 252 g/mol. The first-order valence-corrected chi connectivity index (χ1v) is 6.19. The van der Waals surface area contributed by atoms with Gasteiger partial charge in [0.1, 0.15) is 5.82 Å². The summed E-state index contributed by atoms with van der Waals surface area (Å²) in [6.07, 6.45) is 1.36. The molecule has 0 radical (unpaired) electrons. The summed E-state index contributed by atoms with van der Waals surface area (Å²) in [7, 11) is 3.52. The topological polar surface area (TPSA) is 32.3 Å². The molecule has 3 nitrogen and oxygen atoms in total. The van der Waals surface area contributed by atoms with Gasteiger partial charge in [0.15, 0.2) is 0 Å². The van der Waals surface area contributed by atoms with E-state index in [1.54, 1.807) is 31.1 Å². The average Bonchev–Trinajstić information content (AvgIpc) is 2.34. The SMILES string of the molecule is C[C@H](NCCCC(=O)N(C)C)c1ccc(F)cc1. The number of carbonyl (C=O) groups excluding carboxylic acids is 1. The number of benzene rings is 1. The summed E-state index contributed by atoms with van der Waals surface area (Å²) in [5.74, 6) is -0.0752. The van der Waals surface area contributed by atoms with E-state index in [1.807, 2.05) is 6.92 Å². The van der Waals surface area contributed by atoms with E-state index >= 15 is 0 Å². The van der Waals surface area contributed by atoms with Crippen molar-refractivity contribution in [1.82, 2.24) is 10.2 Å². The maximum absolute atomic E-state index is 12.8. The highest BCUT2D eigenvalue weighted by Gasteiger charge is 2.06. The number of rotatable bonds is 6. The first kappa shape index (κ1) is 14.6. The van der Waals surface area contributed by atoms with Crippen LogP contribution in [0, 0.1) is 5.82 Å². The number of halogens is 1. The third-order valence-electron chi connectivity index (χ3n) is 2.89.